The van der Waals surface area contributed by atoms with Gasteiger partial charge in [-0.3, -0.25) is 14.7 Å². The summed E-state index contributed by atoms with van der Waals surface area (Å²) < 4.78 is 0. The van der Waals surface area contributed by atoms with Crippen molar-refractivity contribution in [1.29, 1.82) is 0 Å². The number of para-hydroxylation sites is 4. The normalized spacial score (nSPS) is 10.7. The average Bonchev–Trinajstić information content (AvgIpc) is 3.12. The predicted octanol–water partition coefficient (Wildman–Crippen LogP) is 10.3. The Labute approximate surface area is 263 Å². The molecule has 7 aromatic rings. The van der Waals surface area contributed by atoms with Crippen molar-refractivity contribution in [1.82, 2.24) is 15.0 Å². The van der Waals surface area contributed by atoms with E-state index in [4.69, 9.17) is 9.97 Å². The maximum Gasteiger partial charge on any atom is 0.141 e. The van der Waals surface area contributed by atoms with Crippen LogP contribution in [-0.2, 0) is 0 Å². The van der Waals surface area contributed by atoms with E-state index in [1.165, 1.54) is 0 Å². The molecule has 0 saturated carbocycles. The minimum absolute atomic E-state index is 0.728. The Hall–Kier alpha value is -6.27. The van der Waals surface area contributed by atoms with E-state index in [0.717, 1.165) is 51.8 Å². The van der Waals surface area contributed by atoms with Crippen molar-refractivity contribution in [3.05, 3.63) is 182 Å². The molecule has 0 amide bonds. The number of rotatable bonds is 9. The topological polar surface area (TPSA) is 48.4 Å². The first-order valence-corrected chi connectivity index (χ1v) is 14.8. The van der Waals surface area contributed by atoms with Crippen LogP contribution in [0.2, 0.25) is 0 Å². The molecule has 0 N–H and O–H groups in total. The molecular formula is C39H30N6. The SMILES string of the molecule is c1ccc(N(c2ccccc2)c2cccc(N(c3ccccc3)c3cccc(N(c4ccccc4)c4ccccn4)n3)n2)cc1. The van der Waals surface area contributed by atoms with Crippen molar-refractivity contribution >= 4 is 51.8 Å². The summed E-state index contributed by atoms with van der Waals surface area (Å²) in [6, 6.07) is 59.0. The Balaban J connectivity index is 1.36. The van der Waals surface area contributed by atoms with Gasteiger partial charge in [-0.25, -0.2) is 15.0 Å². The molecule has 0 aliphatic rings. The zero-order valence-electron chi connectivity index (χ0n) is 24.5. The summed E-state index contributed by atoms with van der Waals surface area (Å²) in [6.45, 7) is 0. The third kappa shape index (κ3) is 5.98. The van der Waals surface area contributed by atoms with Gasteiger partial charge in [0.15, 0.2) is 0 Å². The Bertz CT molecular complexity index is 1750. The molecule has 3 heterocycles. The third-order valence-corrected chi connectivity index (χ3v) is 7.29. The lowest BCUT2D eigenvalue weighted by molar-refractivity contribution is 1.08. The van der Waals surface area contributed by atoms with Gasteiger partial charge in [0.05, 0.1) is 0 Å². The predicted molar refractivity (Wildman–Crippen MR) is 184 cm³/mol. The van der Waals surface area contributed by atoms with Gasteiger partial charge in [-0.05, 0) is 84.9 Å². The zero-order valence-corrected chi connectivity index (χ0v) is 24.5. The standard InChI is InChI=1S/C39H30N6/c1-5-17-31(18-6-1)43(32-19-7-2-8-20-32)36-26-15-28-38(41-36)45(34-23-11-4-12-24-34)39-29-16-27-37(42-39)44(33-21-9-3-10-22-33)35-25-13-14-30-40-35/h1-30H. The highest BCUT2D eigenvalue weighted by Crippen LogP contribution is 2.39. The van der Waals surface area contributed by atoms with Crippen molar-refractivity contribution in [2.45, 2.75) is 0 Å². The van der Waals surface area contributed by atoms with Gasteiger partial charge in [0.2, 0.25) is 0 Å². The van der Waals surface area contributed by atoms with Gasteiger partial charge in [0.1, 0.15) is 29.1 Å². The van der Waals surface area contributed by atoms with Gasteiger partial charge in [-0.2, -0.15) is 0 Å². The fraction of sp³-hybridized carbons (Fsp3) is 0. The fourth-order valence-electron chi connectivity index (χ4n) is 5.29. The van der Waals surface area contributed by atoms with Crippen LogP contribution in [0.1, 0.15) is 0 Å². The van der Waals surface area contributed by atoms with E-state index in [2.05, 4.69) is 68.2 Å². The third-order valence-electron chi connectivity index (χ3n) is 7.29. The van der Waals surface area contributed by atoms with Gasteiger partial charge in [0.25, 0.3) is 0 Å². The number of aromatic nitrogens is 3. The Morgan fingerprint density at radius 3 is 0.956 bits per heavy atom. The summed E-state index contributed by atoms with van der Waals surface area (Å²) in [7, 11) is 0. The first kappa shape index (κ1) is 27.6. The van der Waals surface area contributed by atoms with Crippen molar-refractivity contribution < 1.29 is 0 Å². The first-order valence-electron chi connectivity index (χ1n) is 14.8. The highest BCUT2D eigenvalue weighted by molar-refractivity contribution is 5.79. The van der Waals surface area contributed by atoms with Crippen LogP contribution in [0, 0.1) is 0 Å². The molecule has 0 radical (unpaired) electrons. The van der Waals surface area contributed by atoms with Crippen LogP contribution in [0.5, 0.6) is 0 Å². The second kappa shape index (κ2) is 12.9. The minimum Gasteiger partial charge on any atom is -0.295 e. The molecule has 6 heteroatoms. The van der Waals surface area contributed by atoms with Gasteiger partial charge in [-0.15, -0.1) is 0 Å². The van der Waals surface area contributed by atoms with E-state index in [1.54, 1.807) is 6.20 Å². The lowest BCUT2D eigenvalue weighted by Gasteiger charge is -2.28. The van der Waals surface area contributed by atoms with E-state index in [1.807, 2.05) is 127 Å². The summed E-state index contributed by atoms with van der Waals surface area (Å²) in [4.78, 5) is 21.5. The molecule has 216 valence electrons. The summed E-state index contributed by atoms with van der Waals surface area (Å²) in [5, 5.41) is 0. The lowest BCUT2D eigenvalue weighted by atomic mass is 10.2. The number of nitrogens with zero attached hydrogens (tertiary/aromatic N) is 6. The smallest absolute Gasteiger partial charge is 0.141 e. The fourth-order valence-corrected chi connectivity index (χ4v) is 5.29. The van der Waals surface area contributed by atoms with Crippen LogP contribution in [-0.4, -0.2) is 15.0 Å². The molecule has 7 rings (SSSR count). The van der Waals surface area contributed by atoms with Crippen LogP contribution < -0.4 is 14.7 Å². The molecule has 0 aliphatic carbocycles. The lowest BCUT2D eigenvalue weighted by Crippen LogP contribution is -2.18. The van der Waals surface area contributed by atoms with Crippen molar-refractivity contribution in [2.75, 3.05) is 14.7 Å². The van der Waals surface area contributed by atoms with E-state index < -0.39 is 0 Å². The monoisotopic (exact) mass is 582 g/mol. The number of anilines is 9. The number of hydrogen-bond donors (Lipinski definition) is 0. The zero-order chi connectivity index (χ0) is 30.3. The highest BCUT2D eigenvalue weighted by Gasteiger charge is 2.21. The summed E-state index contributed by atoms with van der Waals surface area (Å²) in [6.07, 6.45) is 1.80. The quantitative estimate of drug-likeness (QED) is 0.169. The van der Waals surface area contributed by atoms with Crippen molar-refractivity contribution in [3.63, 3.8) is 0 Å². The van der Waals surface area contributed by atoms with Crippen molar-refractivity contribution in [3.8, 4) is 0 Å². The molecule has 45 heavy (non-hydrogen) atoms. The summed E-state index contributed by atoms with van der Waals surface area (Å²) >= 11 is 0. The van der Waals surface area contributed by atoms with Gasteiger partial charge >= 0.3 is 0 Å². The second-order valence-corrected chi connectivity index (χ2v) is 10.2. The van der Waals surface area contributed by atoms with Crippen LogP contribution >= 0.6 is 0 Å². The van der Waals surface area contributed by atoms with E-state index >= 15 is 0 Å². The molecule has 0 aliphatic heterocycles. The number of benzene rings is 4. The van der Waals surface area contributed by atoms with E-state index in [9.17, 15) is 0 Å². The molecule has 0 atom stereocenters. The Morgan fingerprint density at radius 2 is 0.578 bits per heavy atom. The molecule has 0 unspecified atom stereocenters. The van der Waals surface area contributed by atoms with Gasteiger partial charge in [0, 0.05) is 28.9 Å². The van der Waals surface area contributed by atoms with E-state index in [-0.39, 0.29) is 0 Å². The molecule has 0 fully saturated rings. The largest absolute Gasteiger partial charge is 0.295 e. The molecule has 4 aromatic carbocycles. The van der Waals surface area contributed by atoms with Crippen LogP contribution in [0.25, 0.3) is 0 Å². The second-order valence-electron chi connectivity index (χ2n) is 10.2. The van der Waals surface area contributed by atoms with Crippen LogP contribution in [0.15, 0.2) is 182 Å². The van der Waals surface area contributed by atoms with Gasteiger partial charge < -0.3 is 0 Å². The first-order chi connectivity index (χ1) is 22.3. The van der Waals surface area contributed by atoms with Crippen LogP contribution in [0.4, 0.5) is 51.8 Å². The molecule has 3 aromatic heterocycles. The Kier molecular flexibility index (Phi) is 7.92. The maximum atomic E-state index is 5.26. The van der Waals surface area contributed by atoms with E-state index in [0.29, 0.717) is 0 Å². The molecule has 0 saturated heterocycles. The summed E-state index contributed by atoms with van der Waals surface area (Å²) in [5.74, 6) is 3.78. The molecular weight excluding hydrogens is 552 g/mol. The number of pyridine rings is 3. The molecule has 6 nitrogen and oxygen atoms in total. The highest BCUT2D eigenvalue weighted by atomic mass is 15.3. The Morgan fingerprint density at radius 1 is 0.267 bits per heavy atom. The molecule has 0 bridgehead atoms. The maximum absolute atomic E-state index is 5.26. The molecule has 0 spiro atoms. The minimum atomic E-state index is 0.728. The summed E-state index contributed by atoms with van der Waals surface area (Å²) in [5.41, 5.74) is 3.96. The number of hydrogen-bond acceptors (Lipinski definition) is 6. The van der Waals surface area contributed by atoms with Crippen molar-refractivity contribution in [2.24, 2.45) is 0 Å². The average molecular weight is 583 g/mol. The van der Waals surface area contributed by atoms with Gasteiger partial charge in [-0.1, -0.05) is 91.0 Å². The van der Waals surface area contributed by atoms with Crippen LogP contribution in [0.3, 0.4) is 0 Å².